The predicted molar refractivity (Wildman–Crippen MR) is 112 cm³/mol. The standard InChI is InChI=1S/C21H20N4O5/c1-12-6-5-7-17(13(12)2)24-20(27)16(19(26)22-21(24)28)11-14-10-15(25(29)30)8-9-18(14)23(3)4/h5-11H,1-4H3,(H,22,26,28)/b16-11-. The van der Waals surface area contributed by atoms with Gasteiger partial charge in [0.15, 0.2) is 0 Å². The molecule has 2 aromatic carbocycles. The monoisotopic (exact) mass is 408 g/mol. The molecule has 0 bridgehead atoms. The number of barbiturate groups is 1. The van der Waals surface area contributed by atoms with E-state index in [1.54, 1.807) is 38.1 Å². The van der Waals surface area contributed by atoms with E-state index in [1.807, 2.05) is 13.0 Å². The summed E-state index contributed by atoms with van der Waals surface area (Å²) in [5.74, 6) is -1.66. The highest BCUT2D eigenvalue weighted by Gasteiger charge is 2.37. The molecule has 0 atom stereocenters. The van der Waals surface area contributed by atoms with Gasteiger partial charge in [-0.05, 0) is 43.2 Å². The van der Waals surface area contributed by atoms with Gasteiger partial charge in [0.2, 0.25) is 0 Å². The first kappa shape index (κ1) is 20.7. The third-order valence-electron chi connectivity index (χ3n) is 4.92. The molecule has 154 valence electrons. The fraction of sp³-hybridized carbons (Fsp3) is 0.190. The largest absolute Gasteiger partial charge is 0.377 e. The van der Waals surface area contributed by atoms with Crippen LogP contribution < -0.4 is 15.1 Å². The lowest BCUT2D eigenvalue weighted by Gasteiger charge is -2.28. The van der Waals surface area contributed by atoms with Crippen molar-refractivity contribution in [2.24, 2.45) is 0 Å². The predicted octanol–water partition coefficient (Wildman–Crippen LogP) is 2.94. The number of aryl methyl sites for hydroxylation is 1. The van der Waals surface area contributed by atoms with Crippen molar-refractivity contribution in [1.82, 2.24) is 5.32 Å². The van der Waals surface area contributed by atoms with Gasteiger partial charge >= 0.3 is 6.03 Å². The number of carbonyl (C=O) groups excluding carboxylic acids is 3. The summed E-state index contributed by atoms with van der Waals surface area (Å²) in [6.45, 7) is 3.62. The molecular weight excluding hydrogens is 388 g/mol. The van der Waals surface area contributed by atoms with Gasteiger partial charge in [-0.15, -0.1) is 0 Å². The van der Waals surface area contributed by atoms with Crippen molar-refractivity contribution >= 4 is 41.0 Å². The highest BCUT2D eigenvalue weighted by atomic mass is 16.6. The second-order valence-corrected chi connectivity index (χ2v) is 7.07. The number of imide groups is 2. The van der Waals surface area contributed by atoms with Crippen molar-refractivity contribution in [3.05, 3.63) is 68.8 Å². The number of hydrogen-bond acceptors (Lipinski definition) is 6. The third-order valence-corrected chi connectivity index (χ3v) is 4.92. The molecule has 1 N–H and O–H groups in total. The summed E-state index contributed by atoms with van der Waals surface area (Å²) in [5.41, 5.74) is 2.37. The van der Waals surface area contributed by atoms with E-state index in [4.69, 9.17) is 0 Å². The topological polar surface area (TPSA) is 113 Å². The maximum atomic E-state index is 13.1. The Balaban J connectivity index is 2.15. The molecule has 0 saturated carbocycles. The van der Waals surface area contributed by atoms with Crippen LogP contribution in [0.3, 0.4) is 0 Å². The lowest BCUT2D eigenvalue weighted by atomic mass is 10.0. The van der Waals surface area contributed by atoms with Crippen LogP contribution in [0.25, 0.3) is 6.08 Å². The van der Waals surface area contributed by atoms with E-state index in [9.17, 15) is 24.5 Å². The number of nitrogens with one attached hydrogen (secondary N) is 1. The summed E-state index contributed by atoms with van der Waals surface area (Å²) >= 11 is 0. The fourth-order valence-electron chi connectivity index (χ4n) is 3.19. The zero-order valence-electron chi connectivity index (χ0n) is 16.9. The van der Waals surface area contributed by atoms with Crippen LogP contribution >= 0.6 is 0 Å². The van der Waals surface area contributed by atoms with E-state index < -0.39 is 22.8 Å². The number of amides is 4. The Labute approximate surface area is 172 Å². The maximum absolute atomic E-state index is 13.1. The molecule has 9 nitrogen and oxygen atoms in total. The number of nitro benzene ring substituents is 1. The van der Waals surface area contributed by atoms with Crippen LogP contribution in [0.1, 0.15) is 16.7 Å². The molecule has 2 aromatic rings. The second kappa shape index (κ2) is 7.78. The number of carbonyl (C=O) groups is 3. The van der Waals surface area contributed by atoms with E-state index in [1.165, 1.54) is 24.3 Å². The average Bonchev–Trinajstić information content (AvgIpc) is 2.67. The summed E-state index contributed by atoms with van der Waals surface area (Å²) < 4.78 is 0. The van der Waals surface area contributed by atoms with Crippen LogP contribution in [0.2, 0.25) is 0 Å². The summed E-state index contributed by atoms with van der Waals surface area (Å²) in [5, 5.41) is 13.3. The molecule has 4 amide bonds. The number of benzene rings is 2. The minimum Gasteiger partial charge on any atom is -0.377 e. The molecule has 0 unspecified atom stereocenters. The molecule has 0 radical (unpaired) electrons. The number of rotatable bonds is 4. The van der Waals surface area contributed by atoms with Gasteiger partial charge in [-0.2, -0.15) is 0 Å². The normalized spacial score (nSPS) is 15.4. The van der Waals surface area contributed by atoms with E-state index in [-0.39, 0.29) is 11.3 Å². The minimum absolute atomic E-state index is 0.182. The highest BCUT2D eigenvalue weighted by Crippen LogP contribution is 2.30. The number of nitrogens with zero attached hydrogens (tertiary/aromatic N) is 3. The van der Waals surface area contributed by atoms with E-state index in [0.717, 1.165) is 16.0 Å². The van der Waals surface area contributed by atoms with Crippen LogP contribution in [0, 0.1) is 24.0 Å². The molecule has 1 saturated heterocycles. The van der Waals surface area contributed by atoms with Gasteiger partial charge in [-0.25, -0.2) is 9.69 Å². The van der Waals surface area contributed by atoms with Gasteiger partial charge in [0.1, 0.15) is 5.57 Å². The molecule has 3 rings (SSSR count). The second-order valence-electron chi connectivity index (χ2n) is 7.07. The Morgan fingerprint density at radius 2 is 1.80 bits per heavy atom. The van der Waals surface area contributed by atoms with Crippen molar-refractivity contribution in [2.75, 3.05) is 23.9 Å². The van der Waals surface area contributed by atoms with Crippen molar-refractivity contribution in [1.29, 1.82) is 0 Å². The average molecular weight is 408 g/mol. The quantitative estimate of drug-likeness (QED) is 0.360. The lowest BCUT2D eigenvalue weighted by molar-refractivity contribution is -0.384. The first-order valence-corrected chi connectivity index (χ1v) is 9.05. The number of anilines is 2. The minimum atomic E-state index is -0.859. The molecular formula is C21H20N4O5. The molecule has 9 heteroatoms. The van der Waals surface area contributed by atoms with Crippen molar-refractivity contribution < 1.29 is 19.3 Å². The van der Waals surface area contributed by atoms with Crippen LogP contribution in [0.15, 0.2) is 42.0 Å². The Kier molecular flexibility index (Phi) is 5.37. The smallest absolute Gasteiger partial charge is 0.335 e. The highest BCUT2D eigenvalue weighted by molar-refractivity contribution is 6.39. The Morgan fingerprint density at radius 1 is 1.10 bits per heavy atom. The number of urea groups is 1. The van der Waals surface area contributed by atoms with Gasteiger partial charge in [0, 0.05) is 37.5 Å². The number of nitro groups is 1. The van der Waals surface area contributed by atoms with E-state index in [2.05, 4.69) is 5.32 Å². The molecule has 0 spiro atoms. The fourth-order valence-corrected chi connectivity index (χ4v) is 3.19. The Bertz CT molecular complexity index is 1120. The SMILES string of the molecule is Cc1cccc(N2C(=O)NC(=O)/C(=C/c3cc([N+](=O)[O-])ccc3N(C)C)C2=O)c1C. The number of non-ortho nitro benzene ring substituents is 1. The third kappa shape index (κ3) is 3.64. The first-order valence-electron chi connectivity index (χ1n) is 9.05. The van der Waals surface area contributed by atoms with Crippen molar-refractivity contribution in [2.45, 2.75) is 13.8 Å². The van der Waals surface area contributed by atoms with Gasteiger partial charge in [-0.3, -0.25) is 25.0 Å². The molecule has 1 fully saturated rings. The van der Waals surface area contributed by atoms with Crippen LogP contribution in [0.5, 0.6) is 0 Å². The van der Waals surface area contributed by atoms with E-state index in [0.29, 0.717) is 16.9 Å². The molecule has 0 aromatic heterocycles. The zero-order valence-corrected chi connectivity index (χ0v) is 16.9. The van der Waals surface area contributed by atoms with Gasteiger partial charge < -0.3 is 4.90 Å². The molecule has 1 heterocycles. The Morgan fingerprint density at radius 3 is 2.43 bits per heavy atom. The summed E-state index contributed by atoms with van der Waals surface area (Å²) in [6, 6.07) is 8.48. The van der Waals surface area contributed by atoms with Crippen LogP contribution in [0.4, 0.5) is 21.9 Å². The van der Waals surface area contributed by atoms with Gasteiger partial charge in [0.25, 0.3) is 17.5 Å². The maximum Gasteiger partial charge on any atom is 0.335 e. The van der Waals surface area contributed by atoms with E-state index >= 15 is 0 Å². The molecule has 30 heavy (non-hydrogen) atoms. The molecule has 0 aliphatic carbocycles. The first-order chi connectivity index (χ1) is 14.1. The van der Waals surface area contributed by atoms with Crippen molar-refractivity contribution in [3.8, 4) is 0 Å². The van der Waals surface area contributed by atoms with Crippen molar-refractivity contribution in [3.63, 3.8) is 0 Å². The summed E-state index contributed by atoms with van der Waals surface area (Å²) in [4.78, 5) is 51.3. The molecule has 1 aliphatic rings. The number of hydrogen-bond donors (Lipinski definition) is 1. The zero-order chi connectivity index (χ0) is 22.2. The molecule has 1 aliphatic heterocycles. The summed E-state index contributed by atoms with van der Waals surface area (Å²) in [7, 11) is 3.47. The van der Waals surface area contributed by atoms with Gasteiger partial charge in [-0.1, -0.05) is 12.1 Å². The van der Waals surface area contributed by atoms with Crippen LogP contribution in [-0.4, -0.2) is 36.9 Å². The van der Waals surface area contributed by atoms with Gasteiger partial charge in [0.05, 0.1) is 10.6 Å². The Hall–Kier alpha value is -4.01. The van der Waals surface area contributed by atoms with Crippen LogP contribution in [-0.2, 0) is 9.59 Å². The lowest BCUT2D eigenvalue weighted by Crippen LogP contribution is -2.54. The summed E-state index contributed by atoms with van der Waals surface area (Å²) in [6.07, 6.45) is 1.27.